The fraction of sp³-hybridized carbons (Fsp3) is 0.450. The van der Waals surface area contributed by atoms with Crippen LogP contribution < -0.4 is 5.32 Å². The van der Waals surface area contributed by atoms with Crippen LogP contribution in [0.5, 0.6) is 0 Å². The number of aryl methyl sites for hydroxylation is 2. The van der Waals surface area contributed by atoms with E-state index in [1.54, 1.807) is 23.2 Å². The maximum absolute atomic E-state index is 12.6. The summed E-state index contributed by atoms with van der Waals surface area (Å²) in [7, 11) is 1.58. The summed E-state index contributed by atoms with van der Waals surface area (Å²) in [6, 6.07) is 5.47. The van der Waals surface area contributed by atoms with E-state index in [4.69, 9.17) is 9.15 Å². The molecule has 0 aliphatic carbocycles. The first kappa shape index (κ1) is 19.9. The van der Waals surface area contributed by atoms with E-state index in [0.717, 1.165) is 16.8 Å². The number of methoxy groups -OCH3 is 1. The number of ether oxygens (including phenoxy) is 1. The summed E-state index contributed by atoms with van der Waals surface area (Å²) in [5, 5.41) is 2.93. The van der Waals surface area contributed by atoms with Gasteiger partial charge in [0.2, 0.25) is 11.8 Å². The fourth-order valence-corrected chi connectivity index (χ4v) is 3.12. The molecule has 1 saturated heterocycles. The van der Waals surface area contributed by atoms with Gasteiger partial charge in [0.25, 0.3) is 0 Å². The first-order valence-corrected chi connectivity index (χ1v) is 9.33. The number of anilines is 1. The molecule has 8 nitrogen and oxygen atoms in total. The van der Waals surface area contributed by atoms with Crippen LogP contribution in [0, 0.1) is 13.8 Å². The van der Waals surface area contributed by atoms with E-state index in [2.05, 4.69) is 10.3 Å². The zero-order chi connectivity index (χ0) is 20.1. The van der Waals surface area contributed by atoms with Gasteiger partial charge >= 0.3 is 6.03 Å². The summed E-state index contributed by atoms with van der Waals surface area (Å²) in [6.45, 7) is 6.33. The second-order valence-electron chi connectivity index (χ2n) is 6.86. The van der Waals surface area contributed by atoms with E-state index < -0.39 is 0 Å². The molecular formula is C20H26N4O4. The van der Waals surface area contributed by atoms with Crippen molar-refractivity contribution in [2.24, 2.45) is 0 Å². The van der Waals surface area contributed by atoms with Crippen molar-refractivity contribution < 1.29 is 18.7 Å². The van der Waals surface area contributed by atoms with Crippen LogP contribution in [-0.4, -0.2) is 66.6 Å². The third-order valence-electron chi connectivity index (χ3n) is 4.78. The Morgan fingerprint density at radius 2 is 1.89 bits per heavy atom. The van der Waals surface area contributed by atoms with Crippen LogP contribution in [-0.2, 0) is 9.53 Å². The average molecular weight is 386 g/mol. The molecule has 0 spiro atoms. The molecule has 1 aromatic carbocycles. The zero-order valence-electron chi connectivity index (χ0n) is 16.5. The number of carbonyl (C=O) groups excluding carboxylic acids is 2. The smallest absolute Gasteiger partial charge is 0.321 e. The van der Waals surface area contributed by atoms with Gasteiger partial charge < -0.3 is 24.3 Å². The van der Waals surface area contributed by atoms with Gasteiger partial charge in [0.05, 0.1) is 18.7 Å². The number of aromatic nitrogens is 1. The minimum absolute atomic E-state index is 0.0614. The summed E-state index contributed by atoms with van der Waals surface area (Å²) in [6.07, 6.45) is 1.97. The van der Waals surface area contributed by atoms with Gasteiger partial charge in [0.1, 0.15) is 6.26 Å². The largest absolute Gasteiger partial charge is 0.444 e. The summed E-state index contributed by atoms with van der Waals surface area (Å²) in [4.78, 5) is 32.5. The molecule has 2 aromatic rings. The van der Waals surface area contributed by atoms with Crippen LogP contribution >= 0.6 is 0 Å². The highest BCUT2D eigenvalue weighted by Gasteiger charge is 2.24. The van der Waals surface area contributed by atoms with Crippen LogP contribution in [0.1, 0.15) is 17.7 Å². The Labute approximate surface area is 164 Å². The van der Waals surface area contributed by atoms with Gasteiger partial charge in [-0.15, -0.1) is 0 Å². The fourth-order valence-electron chi connectivity index (χ4n) is 3.12. The van der Waals surface area contributed by atoms with E-state index >= 15 is 0 Å². The number of nitrogens with one attached hydrogen (secondary N) is 1. The molecule has 2 heterocycles. The molecule has 1 aliphatic rings. The maximum Gasteiger partial charge on any atom is 0.321 e. The standard InChI is InChI=1S/C20H26N4O4/c1-14-4-5-16(12-17(14)19-21-15(2)13-28-19)22-20(26)24-9-7-23(8-10-24)18(25)6-11-27-3/h4-5,12-13H,6-11H2,1-3H3,(H,22,26). The van der Waals surface area contributed by atoms with Crippen LogP contribution in [0.25, 0.3) is 11.5 Å². The molecule has 1 N–H and O–H groups in total. The minimum Gasteiger partial charge on any atom is -0.444 e. The van der Waals surface area contributed by atoms with Crippen LogP contribution in [0.3, 0.4) is 0 Å². The number of amides is 3. The van der Waals surface area contributed by atoms with Crippen molar-refractivity contribution >= 4 is 17.6 Å². The maximum atomic E-state index is 12.6. The zero-order valence-corrected chi connectivity index (χ0v) is 16.5. The van der Waals surface area contributed by atoms with E-state index in [-0.39, 0.29) is 11.9 Å². The van der Waals surface area contributed by atoms with Crippen molar-refractivity contribution in [3.63, 3.8) is 0 Å². The molecule has 0 bridgehead atoms. The van der Waals surface area contributed by atoms with Crippen LogP contribution in [0.4, 0.5) is 10.5 Å². The molecule has 3 amide bonds. The molecule has 1 aromatic heterocycles. The van der Waals surface area contributed by atoms with Crippen molar-refractivity contribution in [2.45, 2.75) is 20.3 Å². The number of rotatable bonds is 5. The Balaban J connectivity index is 1.59. The first-order chi connectivity index (χ1) is 13.5. The normalized spacial score (nSPS) is 14.2. The molecule has 3 rings (SSSR count). The van der Waals surface area contributed by atoms with Crippen molar-refractivity contribution in [1.29, 1.82) is 0 Å². The second-order valence-corrected chi connectivity index (χ2v) is 6.86. The van der Waals surface area contributed by atoms with Gasteiger partial charge in [-0.1, -0.05) is 6.07 Å². The third kappa shape index (κ3) is 4.69. The highest BCUT2D eigenvalue weighted by molar-refractivity contribution is 5.90. The van der Waals surface area contributed by atoms with E-state index in [1.165, 1.54) is 0 Å². The monoisotopic (exact) mass is 386 g/mol. The predicted molar refractivity (Wildman–Crippen MR) is 105 cm³/mol. The number of urea groups is 1. The molecular weight excluding hydrogens is 360 g/mol. The van der Waals surface area contributed by atoms with Crippen molar-refractivity contribution in [3.8, 4) is 11.5 Å². The lowest BCUT2D eigenvalue weighted by Crippen LogP contribution is -2.51. The Bertz CT molecular complexity index is 840. The van der Waals surface area contributed by atoms with Crippen molar-refractivity contribution in [1.82, 2.24) is 14.8 Å². The Morgan fingerprint density at radius 1 is 1.18 bits per heavy atom. The number of oxazole rings is 1. The SMILES string of the molecule is COCCC(=O)N1CCN(C(=O)Nc2ccc(C)c(-c3nc(C)co3)c2)CC1. The number of piperazine rings is 1. The predicted octanol–water partition coefficient (Wildman–Crippen LogP) is 2.67. The number of benzene rings is 1. The molecule has 0 radical (unpaired) electrons. The molecule has 150 valence electrons. The summed E-state index contributed by atoms with van der Waals surface area (Å²) in [5.41, 5.74) is 3.35. The molecule has 0 saturated carbocycles. The molecule has 0 unspecified atom stereocenters. The number of nitrogens with zero attached hydrogens (tertiary/aromatic N) is 3. The van der Waals surface area contributed by atoms with Gasteiger partial charge in [-0.05, 0) is 31.5 Å². The molecule has 1 fully saturated rings. The highest BCUT2D eigenvalue weighted by atomic mass is 16.5. The van der Waals surface area contributed by atoms with Crippen molar-refractivity contribution in [3.05, 3.63) is 35.7 Å². The first-order valence-electron chi connectivity index (χ1n) is 9.33. The summed E-state index contributed by atoms with van der Waals surface area (Å²) >= 11 is 0. The Kier molecular flexibility index (Phi) is 6.30. The summed E-state index contributed by atoms with van der Waals surface area (Å²) in [5.74, 6) is 0.598. The van der Waals surface area contributed by atoms with E-state index in [9.17, 15) is 9.59 Å². The lowest BCUT2D eigenvalue weighted by molar-refractivity contribution is -0.133. The molecule has 28 heavy (non-hydrogen) atoms. The minimum atomic E-state index is -0.178. The van der Waals surface area contributed by atoms with Crippen LogP contribution in [0.2, 0.25) is 0 Å². The van der Waals surface area contributed by atoms with Crippen LogP contribution in [0.15, 0.2) is 28.9 Å². The highest BCUT2D eigenvalue weighted by Crippen LogP contribution is 2.26. The Hall–Kier alpha value is -2.87. The Morgan fingerprint density at radius 3 is 2.54 bits per heavy atom. The average Bonchev–Trinajstić information content (AvgIpc) is 3.13. The topological polar surface area (TPSA) is 87.9 Å². The molecule has 8 heteroatoms. The van der Waals surface area contributed by atoms with E-state index in [1.807, 2.05) is 32.0 Å². The summed E-state index contributed by atoms with van der Waals surface area (Å²) < 4.78 is 10.4. The molecule has 0 atom stereocenters. The van der Waals surface area contributed by atoms with Crippen molar-refractivity contribution in [2.75, 3.05) is 45.2 Å². The molecule has 1 aliphatic heterocycles. The van der Waals surface area contributed by atoms with Gasteiger partial charge in [-0.2, -0.15) is 0 Å². The number of hydrogen-bond acceptors (Lipinski definition) is 5. The number of hydrogen-bond donors (Lipinski definition) is 1. The lowest BCUT2D eigenvalue weighted by Gasteiger charge is -2.34. The number of carbonyl (C=O) groups is 2. The second kappa shape index (κ2) is 8.88. The van der Waals surface area contributed by atoms with Gasteiger partial charge in [0, 0.05) is 44.5 Å². The third-order valence-corrected chi connectivity index (χ3v) is 4.78. The van der Waals surface area contributed by atoms with Gasteiger partial charge in [-0.3, -0.25) is 4.79 Å². The van der Waals surface area contributed by atoms with Gasteiger partial charge in [-0.25, -0.2) is 9.78 Å². The van der Waals surface area contributed by atoms with E-state index in [0.29, 0.717) is 50.8 Å². The quantitative estimate of drug-likeness (QED) is 0.854. The lowest BCUT2D eigenvalue weighted by atomic mass is 10.1. The van der Waals surface area contributed by atoms with Gasteiger partial charge in [0.15, 0.2) is 0 Å².